The Bertz CT molecular complexity index is 1900. The van der Waals surface area contributed by atoms with Crippen LogP contribution in [0.3, 0.4) is 0 Å². The second-order valence-corrected chi connectivity index (χ2v) is 17.1. The van der Waals surface area contributed by atoms with E-state index in [0.717, 1.165) is 6.33 Å². The van der Waals surface area contributed by atoms with Crippen LogP contribution in [-0.2, 0) is 39.6 Å². The van der Waals surface area contributed by atoms with E-state index in [1.54, 1.807) is 0 Å². The minimum atomic E-state index is -4.32. The van der Waals surface area contributed by atoms with Crippen LogP contribution in [0.5, 0.6) is 0 Å². The molecule has 7 N–H and O–H groups in total. The number of pyridine rings is 1. The van der Waals surface area contributed by atoms with Gasteiger partial charge in [0.2, 0.25) is 12.3 Å². The van der Waals surface area contributed by atoms with Gasteiger partial charge in [-0.15, -0.1) is 0 Å². The summed E-state index contributed by atoms with van der Waals surface area (Å²) in [5.74, 6) is -0.246. The van der Waals surface area contributed by atoms with Crippen LogP contribution in [0, 0.1) is 0 Å². The number of aromatic amines is 1. The molecule has 0 spiro atoms. The standard InChI is InChI=1S/C22H25F2N9O9P2S2/c23-11-9-3-38-43(35,45)7-37-15-10(41-20(12(15)24)32-5-28-13-8(25)1-2-27-17(13)32)4-39-44(36,46)42-16(11)21(40-9)33-6-29-14-18(33)30-22(26)31-19(14)34/h1-2,5-6,9-12,15-16,20-21,35,45H,3-4,7H2,(H5-,25,26,27,30,31,34,36,46)/p+1/t9-,10-,11-,12+,15-,16-,20-,21-,43?,44?/m1/s1. The number of aromatic nitrogens is 7. The number of nitrogens with one attached hydrogen (secondary N) is 1. The van der Waals surface area contributed by atoms with Gasteiger partial charge in [-0.25, -0.2) is 28.6 Å². The summed E-state index contributed by atoms with van der Waals surface area (Å²) in [5, 5.41) is 0. The van der Waals surface area contributed by atoms with Crippen molar-refractivity contribution in [1.29, 1.82) is 0 Å². The van der Waals surface area contributed by atoms with Gasteiger partial charge in [-0.3, -0.25) is 23.4 Å². The summed E-state index contributed by atoms with van der Waals surface area (Å²) in [5.41, 5.74) is 11.7. The third-order valence-corrected chi connectivity index (χ3v) is 10.9. The zero-order valence-corrected chi connectivity index (χ0v) is 26.6. The Hall–Kier alpha value is -2.46. The molecule has 0 saturated carbocycles. The fourth-order valence-electron chi connectivity index (χ4n) is 5.45. The van der Waals surface area contributed by atoms with Gasteiger partial charge in [0, 0.05) is 6.20 Å². The molecule has 2 bridgehead atoms. The predicted octanol–water partition coefficient (Wildman–Crippen LogP) is 0.876. The van der Waals surface area contributed by atoms with Crippen LogP contribution in [0.2, 0.25) is 0 Å². The molecule has 2 unspecified atom stereocenters. The maximum absolute atomic E-state index is 16.0. The number of alkyl halides is 2. The van der Waals surface area contributed by atoms with Crippen molar-refractivity contribution in [2.45, 2.75) is 49.2 Å². The van der Waals surface area contributed by atoms with Crippen molar-refractivity contribution < 1.29 is 46.3 Å². The number of hydrogen-bond donors (Lipinski definition) is 6. The smallest absolute Gasteiger partial charge is 0.354 e. The molecule has 7 heterocycles. The highest BCUT2D eigenvalue weighted by atomic mass is 32.7. The van der Waals surface area contributed by atoms with Gasteiger partial charge in [-0.1, -0.05) is 0 Å². The molecule has 0 amide bonds. The summed E-state index contributed by atoms with van der Waals surface area (Å²) in [6.45, 7) is -9.19. The van der Waals surface area contributed by atoms with Crippen LogP contribution in [0.4, 0.5) is 20.4 Å². The summed E-state index contributed by atoms with van der Waals surface area (Å²) in [6, 6.07) is 1.54. The van der Waals surface area contributed by atoms with E-state index < -0.39 is 88.0 Å². The van der Waals surface area contributed by atoms with E-state index in [4.69, 9.17) is 51.1 Å². The maximum Gasteiger partial charge on any atom is 0.354 e. The van der Waals surface area contributed by atoms with E-state index in [0.29, 0.717) is 11.2 Å². The van der Waals surface area contributed by atoms with Gasteiger partial charge >= 0.3 is 13.6 Å². The minimum Gasteiger partial charge on any atom is -0.397 e. The van der Waals surface area contributed by atoms with Gasteiger partial charge in [0.25, 0.3) is 5.56 Å². The van der Waals surface area contributed by atoms with E-state index >= 15 is 8.78 Å². The van der Waals surface area contributed by atoms with Crippen molar-refractivity contribution in [1.82, 2.24) is 34.1 Å². The number of fused-ring (bicyclic) bond motifs is 5. The predicted molar refractivity (Wildman–Crippen MR) is 163 cm³/mol. The first kappa shape index (κ1) is 32.1. The van der Waals surface area contributed by atoms with Crippen LogP contribution >= 0.6 is 25.9 Å². The molecule has 4 aromatic rings. The monoisotopic (exact) mass is 724 g/mol. The van der Waals surface area contributed by atoms with Gasteiger partial charge in [0.1, 0.15) is 36.5 Å². The second kappa shape index (κ2) is 11.9. The van der Waals surface area contributed by atoms with Gasteiger partial charge < -0.3 is 35.1 Å². The molecule has 0 aliphatic carbocycles. The fraction of sp³-hybridized carbons (Fsp3) is 0.500. The SMILES string of the molecule is Nc1nc2c(ncn2[C@@H]2O[C@@H]3CO[P+](O)(S)CO[C@H]4[C@H](F)[C@H](n5cnc6c(N)ccnc65)O[C@@H]4COP(O)(=S)O[C@@H]2[C@@H]3F)c(=O)[nH]1. The van der Waals surface area contributed by atoms with Gasteiger partial charge in [0.05, 0.1) is 37.2 Å². The molecular weight excluding hydrogens is 698 g/mol. The largest absolute Gasteiger partial charge is 0.397 e. The zero-order chi connectivity index (χ0) is 32.5. The number of rotatable bonds is 2. The van der Waals surface area contributed by atoms with E-state index in [2.05, 4.69) is 37.2 Å². The highest BCUT2D eigenvalue weighted by molar-refractivity contribution is 8.49. The number of halogens is 2. The third-order valence-electron chi connectivity index (χ3n) is 7.56. The summed E-state index contributed by atoms with van der Waals surface area (Å²) in [6.07, 6.45) is -9.13. The molecule has 248 valence electrons. The highest BCUT2D eigenvalue weighted by Crippen LogP contribution is 2.62. The quantitative estimate of drug-likeness (QED) is 0.124. The molecule has 0 aromatic carbocycles. The van der Waals surface area contributed by atoms with Crippen molar-refractivity contribution >= 4 is 71.7 Å². The number of nitrogen functional groups attached to an aromatic ring is 2. The summed E-state index contributed by atoms with van der Waals surface area (Å²) < 4.78 is 68.7. The maximum atomic E-state index is 16.0. The number of H-pyrrole nitrogens is 1. The molecular formula is C22H26F2N9O9P2S2+. The Morgan fingerprint density at radius 2 is 1.76 bits per heavy atom. The molecule has 18 nitrogen and oxygen atoms in total. The Labute approximate surface area is 267 Å². The summed E-state index contributed by atoms with van der Waals surface area (Å²) in [4.78, 5) is 53.1. The molecule has 3 aliphatic rings. The lowest BCUT2D eigenvalue weighted by Gasteiger charge is -2.27. The Morgan fingerprint density at radius 1 is 1.04 bits per heavy atom. The van der Waals surface area contributed by atoms with E-state index in [-0.39, 0.29) is 22.8 Å². The van der Waals surface area contributed by atoms with Crippen molar-refractivity contribution in [2.75, 3.05) is 31.0 Å². The van der Waals surface area contributed by atoms with E-state index in [1.165, 1.54) is 27.7 Å². The number of hydrogen-bond acceptors (Lipinski definition) is 16. The Balaban J connectivity index is 1.20. The van der Waals surface area contributed by atoms with Crippen LogP contribution in [-0.4, -0.2) is 100 Å². The molecule has 3 saturated heterocycles. The zero-order valence-electron chi connectivity index (χ0n) is 23.1. The van der Waals surface area contributed by atoms with Gasteiger partial charge in [0.15, 0.2) is 41.6 Å². The molecule has 4 aromatic heterocycles. The first-order chi connectivity index (χ1) is 21.8. The fourth-order valence-corrected chi connectivity index (χ4v) is 8.08. The first-order valence-electron chi connectivity index (χ1n) is 13.5. The minimum absolute atomic E-state index is 0.0733. The summed E-state index contributed by atoms with van der Waals surface area (Å²) >= 11 is 9.39. The van der Waals surface area contributed by atoms with Crippen LogP contribution < -0.4 is 17.0 Å². The van der Waals surface area contributed by atoms with Crippen molar-refractivity contribution in [3.05, 3.63) is 35.3 Å². The number of ether oxygens (including phenoxy) is 3. The van der Waals surface area contributed by atoms with Gasteiger partial charge in [-0.05, 0) is 17.9 Å². The average molecular weight is 725 g/mol. The molecule has 0 radical (unpaired) electrons. The molecule has 24 heteroatoms. The molecule has 3 fully saturated rings. The first-order valence-corrected chi connectivity index (χ1v) is 19.0. The molecule has 3 aliphatic heterocycles. The number of nitrogens with zero attached hydrogens (tertiary/aromatic N) is 6. The normalized spacial score (nSPS) is 37.4. The third kappa shape index (κ3) is 5.80. The van der Waals surface area contributed by atoms with Crippen LogP contribution in [0.15, 0.2) is 29.7 Å². The molecule has 10 atom stereocenters. The Kier molecular flexibility index (Phi) is 8.31. The molecule has 46 heavy (non-hydrogen) atoms. The lowest BCUT2D eigenvalue weighted by Crippen LogP contribution is -2.36. The Morgan fingerprint density at radius 3 is 2.54 bits per heavy atom. The topological polar surface area (TPSA) is 242 Å². The van der Waals surface area contributed by atoms with Crippen LogP contribution in [0.1, 0.15) is 12.5 Å². The lowest BCUT2D eigenvalue weighted by molar-refractivity contribution is -0.0570. The van der Waals surface area contributed by atoms with Crippen LogP contribution in [0.25, 0.3) is 22.3 Å². The summed E-state index contributed by atoms with van der Waals surface area (Å²) in [7, 11) is 0. The highest BCUT2D eigenvalue weighted by Gasteiger charge is 2.54. The number of thiol groups is 1. The number of imidazole rings is 2. The van der Waals surface area contributed by atoms with Crippen molar-refractivity contribution in [2.24, 2.45) is 0 Å². The lowest BCUT2D eigenvalue weighted by atomic mass is 10.1. The van der Waals surface area contributed by atoms with Gasteiger partial charge in [-0.2, -0.15) is 9.51 Å². The van der Waals surface area contributed by atoms with E-state index in [1.807, 2.05) is 0 Å². The van der Waals surface area contributed by atoms with Crippen molar-refractivity contribution in [3.8, 4) is 0 Å². The number of nitrogens with two attached hydrogens (primary N) is 2. The molecule has 7 rings (SSSR count). The van der Waals surface area contributed by atoms with Crippen molar-refractivity contribution in [3.63, 3.8) is 0 Å². The van der Waals surface area contributed by atoms with E-state index in [9.17, 15) is 14.6 Å². The average Bonchev–Trinajstić information content (AvgIpc) is 3.75. The number of anilines is 2. The second-order valence-electron chi connectivity index (χ2n) is 10.6.